The summed E-state index contributed by atoms with van der Waals surface area (Å²) in [5.41, 5.74) is 2.47. The molecule has 0 unspecified atom stereocenters. The number of aromatic nitrogens is 3. The Bertz CT molecular complexity index is 906. The molecule has 0 aliphatic rings. The predicted molar refractivity (Wildman–Crippen MR) is 86.5 cm³/mol. The first-order chi connectivity index (χ1) is 10.5. The zero-order chi connectivity index (χ0) is 15.9. The van der Waals surface area contributed by atoms with E-state index in [0.717, 1.165) is 34.1 Å². The maximum atomic E-state index is 10.8. The molecule has 2 heterocycles. The lowest BCUT2D eigenvalue weighted by molar-refractivity contribution is -0.131. The lowest BCUT2D eigenvalue weighted by atomic mass is 10.2. The molecule has 0 saturated heterocycles. The normalized spacial score (nSPS) is 11.6. The topological polar surface area (TPSA) is 60.0 Å². The number of benzene rings is 1. The van der Waals surface area contributed by atoms with Gasteiger partial charge in [-0.05, 0) is 31.2 Å². The summed E-state index contributed by atoms with van der Waals surface area (Å²) in [5, 5.41) is 15.0. The zero-order valence-electron chi connectivity index (χ0n) is 12.1. The Hall–Kier alpha value is -2.53. The van der Waals surface area contributed by atoms with Gasteiger partial charge >= 0.3 is 5.97 Å². The minimum Gasteiger partial charge on any atom is -0.478 e. The van der Waals surface area contributed by atoms with E-state index in [1.54, 1.807) is 10.8 Å². The number of rotatable bonds is 3. The van der Waals surface area contributed by atoms with Gasteiger partial charge in [0.15, 0.2) is 0 Å². The van der Waals surface area contributed by atoms with E-state index in [1.807, 2.05) is 49.0 Å². The molecular weight excluding hydrogens is 302 g/mol. The SMILES string of the molecule is Cc1nn(C)c(-n2ccc3ccc(Cl)cc32)c1/C=C/C(=O)O. The summed E-state index contributed by atoms with van der Waals surface area (Å²) in [5.74, 6) is -0.193. The molecule has 0 aliphatic carbocycles. The second-order valence-corrected chi connectivity index (χ2v) is 5.44. The van der Waals surface area contributed by atoms with E-state index in [9.17, 15) is 4.79 Å². The highest BCUT2D eigenvalue weighted by Crippen LogP contribution is 2.27. The Kier molecular flexibility index (Phi) is 3.50. The van der Waals surface area contributed by atoms with Crippen LogP contribution in [0.25, 0.3) is 22.8 Å². The van der Waals surface area contributed by atoms with Crippen LogP contribution in [0, 0.1) is 6.92 Å². The first-order valence-corrected chi connectivity index (χ1v) is 7.07. The quantitative estimate of drug-likeness (QED) is 0.753. The summed E-state index contributed by atoms with van der Waals surface area (Å²) in [6.07, 6.45) is 4.61. The summed E-state index contributed by atoms with van der Waals surface area (Å²) >= 11 is 6.10. The molecule has 3 aromatic rings. The van der Waals surface area contributed by atoms with Gasteiger partial charge < -0.3 is 9.67 Å². The first kappa shape index (κ1) is 14.4. The van der Waals surface area contributed by atoms with Crippen molar-refractivity contribution in [3.63, 3.8) is 0 Å². The molecule has 0 amide bonds. The van der Waals surface area contributed by atoms with Crippen molar-refractivity contribution >= 4 is 34.5 Å². The molecule has 0 spiro atoms. The van der Waals surface area contributed by atoms with Gasteiger partial charge in [-0.2, -0.15) is 5.10 Å². The van der Waals surface area contributed by atoms with Gasteiger partial charge in [-0.25, -0.2) is 4.79 Å². The molecule has 1 aromatic carbocycles. The molecule has 0 saturated carbocycles. The van der Waals surface area contributed by atoms with E-state index >= 15 is 0 Å². The van der Waals surface area contributed by atoms with Crippen LogP contribution in [0.1, 0.15) is 11.3 Å². The van der Waals surface area contributed by atoms with Crippen molar-refractivity contribution in [1.29, 1.82) is 0 Å². The summed E-state index contributed by atoms with van der Waals surface area (Å²) in [7, 11) is 1.83. The van der Waals surface area contributed by atoms with Crippen LogP contribution in [0.15, 0.2) is 36.5 Å². The number of aryl methyl sites for hydroxylation is 2. The number of halogens is 1. The van der Waals surface area contributed by atoms with E-state index in [0.29, 0.717) is 5.02 Å². The second kappa shape index (κ2) is 5.35. The average molecular weight is 316 g/mol. The molecule has 0 aliphatic heterocycles. The van der Waals surface area contributed by atoms with Crippen molar-refractivity contribution in [1.82, 2.24) is 14.3 Å². The standard InChI is InChI=1S/C16H14ClN3O2/c1-10-13(5-6-15(21)22)16(19(2)18-10)20-8-7-11-3-4-12(17)9-14(11)20/h3-9H,1-2H3,(H,21,22)/b6-5+. The number of carbonyl (C=O) groups is 1. The number of carboxylic acid groups (broad SMARTS) is 1. The molecule has 0 radical (unpaired) electrons. The van der Waals surface area contributed by atoms with Crippen LogP contribution < -0.4 is 0 Å². The van der Waals surface area contributed by atoms with Crippen molar-refractivity contribution in [2.24, 2.45) is 7.05 Å². The average Bonchev–Trinajstić information content (AvgIpc) is 2.96. The third kappa shape index (κ3) is 2.40. The lowest BCUT2D eigenvalue weighted by Crippen LogP contribution is -2.03. The largest absolute Gasteiger partial charge is 0.478 e. The Morgan fingerprint density at radius 1 is 1.36 bits per heavy atom. The van der Waals surface area contributed by atoms with E-state index in [1.165, 1.54) is 0 Å². The van der Waals surface area contributed by atoms with Crippen molar-refractivity contribution in [3.8, 4) is 5.82 Å². The molecular formula is C16H14ClN3O2. The molecule has 1 N–H and O–H groups in total. The molecule has 6 heteroatoms. The first-order valence-electron chi connectivity index (χ1n) is 6.69. The third-order valence-corrected chi connectivity index (χ3v) is 3.75. The zero-order valence-corrected chi connectivity index (χ0v) is 12.9. The van der Waals surface area contributed by atoms with Gasteiger partial charge in [-0.15, -0.1) is 0 Å². The minimum atomic E-state index is -0.991. The fourth-order valence-corrected chi connectivity index (χ4v) is 2.75. The van der Waals surface area contributed by atoms with Crippen molar-refractivity contribution in [2.45, 2.75) is 6.92 Å². The van der Waals surface area contributed by atoms with Gasteiger partial charge in [0.25, 0.3) is 0 Å². The van der Waals surface area contributed by atoms with E-state index in [2.05, 4.69) is 5.10 Å². The summed E-state index contributed by atoms with van der Waals surface area (Å²) in [6.45, 7) is 1.85. The number of nitrogens with zero attached hydrogens (tertiary/aromatic N) is 3. The minimum absolute atomic E-state index is 0.647. The highest BCUT2D eigenvalue weighted by Gasteiger charge is 2.15. The third-order valence-electron chi connectivity index (χ3n) is 3.51. The highest BCUT2D eigenvalue weighted by molar-refractivity contribution is 6.31. The smallest absolute Gasteiger partial charge is 0.328 e. The van der Waals surface area contributed by atoms with Crippen LogP contribution in [0.2, 0.25) is 5.02 Å². The molecule has 112 valence electrons. The molecule has 0 atom stereocenters. The number of aliphatic carboxylic acids is 1. The summed E-state index contributed by atoms with van der Waals surface area (Å²) in [6, 6.07) is 7.65. The summed E-state index contributed by atoms with van der Waals surface area (Å²) in [4.78, 5) is 10.8. The molecule has 3 rings (SSSR count). The van der Waals surface area contributed by atoms with Gasteiger partial charge in [0.05, 0.1) is 11.2 Å². The highest BCUT2D eigenvalue weighted by atomic mass is 35.5. The van der Waals surface area contributed by atoms with Crippen LogP contribution >= 0.6 is 11.6 Å². The van der Waals surface area contributed by atoms with Crippen LogP contribution in [0.5, 0.6) is 0 Å². The molecule has 0 fully saturated rings. The number of hydrogen-bond donors (Lipinski definition) is 1. The van der Waals surface area contributed by atoms with Crippen LogP contribution in [-0.4, -0.2) is 25.4 Å². The van der Waals surface area contributed by atoms with Crippen molar-refractivity contribution in [2.75, 3.05) is 0 Å². The van der Waals surface area contributed by atoms with Crippen molar-refractivity contribution < 1.29 is 9.90 Å². The predicted octanol–water partition coefficient (Wildman–Crippen LogP) is 3.42. The molecule has 2 aromatic heterocycles. The van der Waals surface area contributed by atoms with E-state index in [4.69, 9.17) is 16.7 Å². The van der Waals surface area contributed by atoms with Crippen LogP contribution in [0.3, 0.4) is 0 Å². The fourth-order valence-electron chi connectivity index (χ4n) is 2.58. The molecule has 0 bridgehead atoms. The second-order valence-electron chi connectivity index (χ2n) is 5.01. The van der Waals surface area contributed by atoms with Gasteiger partial charge in [-0.1, -0.05) is 17.7 Å². The Labute approximate surface area is 132 Å². The fraction of sp³-hybridized carbons (Fsp3) is 0.125. The van der Waals surface area contributed by atoms with Gasteiger partial charge in [0.2, 0.25) is 0 Å². The Morgan fingerprint density at radius 2 is 2.14 bits per heavy atom. The van der Waals surface area contributed by atoms with Crippen molar-refractivity contribution in [3.05, 3.63) is 52.8 Å². The van der Waals surface area contributed by atoms with Crippen LogP contribution in [0.4, 0.5) is 0 Å². The summed E-state index contributed by atoms with van der Waals surface area (Å²) < 4.78 is 3.69. The monoisotopic (exact) mass is 315 g/mol. The molecule has 5 nitrogen and oxygen atoms in total. The van der Waals surface area contributed by atoms with E-state index < -0.39 is 5.97 Å². The lowest BCUT2D eigenvalue weighted by Gasteiger charge is -2.08. The Morgan fingerprint density at radius 3 is 2.86 bits per heavy atom. The maximum Gasteiger partial charge on any atom is 0.328 e. The van der Waals surface area contributed by atoms with E-state index in [-0.39, 0.29) is 0 Å². The number of hydrogen-bond acceptors (Lipinski definition) is 2. The maximum absolute atomic E-state index is 10.8. The van der Waals surface area contributed by atoms with Gasteiger partial charge in [0, 0.05) is 35.3 Å². The molecule has 22 heavy (non-hydrogen) atoms. The Balaban J connectivity index is 2.26. The number of fused-ring (bicyclic) bond motifs is 1. The van der Waals surface area contributed by atoms with Crippen LogP contribution in [-0.2, 0) is 11.8 Å². The van der Waals surface area contributed by atoms with Gasteiger partial charge in [-0.3, -0.25) is 4.68 Å². The van der Waals surface area contributed by atoms with Gasteiger partial charge in [0.1, 0.15) is 5.82 Å². The number of carboxylic acids is 1.